The lowest BCUT2D eigenvalue weighted by molar-refractivity contribution is 0.0963. The van der Waals surface area contributed by atoms with Crippen LogP contribution < -0.4 is 20.3 Å². The van der Waals surface area contributed by atoms with Gasteiger partial charge in [-0.15, -0.1) is 0 Å². The number of benzene rings is 2. The normalized spacial score (nSPS) is 17.1. The molecule has 32 heavy (non-hydrogen) atoms. The van der Waals surface area contributed by atoms with Crippen LogP contribution in [-0.2, 0) is 0 Å². The molecule has 1 saturated carbocycles. The van der Waals surface area contributed by atoms with Crippen LogP contribution in [0.3, 0.4) is 0 Å². The molecule has 2 heterocycles. The fraction of sp³-hybridized carbons (Fsp3) is 0.440. The van der Waals surface area contributed by atoms with E-state index < -0.39 is 0 Å². The van der Waals surface area contributed by atoms with E-state index in [9.17, 15) is 4.79 Å². The molecule has 168 valence electrons. The summed E-state index contributed by atoms with van der Waals surface area (Å²) in [5, 5.41) is 14.9. The van der Waals surface area contributed by atoms with Crippen LogP contribution in [0.4, 0.5) is 5.69 Å². The second kappa shape index (κ2) is 8.82. The van der Waals surface area contributed by atoms with Gasteiger partial charge in [-0.1, -0.05) is 6.07 Å². The number of anilines is 1. The van der Waals surface area contributed by atoms with E-state index in [-0.39, 0.29) is 12.0 Å². The Balaban J connectivity index is 1.59. The van der Waals surface area contributed by atoms with Gasteiger partial charge in [0.05, 0.1) is 28.3 Å². The van der Waals surface area contributed by atoms with Crippen molar-refractivity contribution in [2.45, 2.75) is 38.7 Å². The zero-order valence-electron chi connectivity index (χ0n) is 18.8. The summed E-state index contributed by atoms with van der Waals surface area (Å²) in [6.45, 7) is 5.62. The van der Waals surface area contributed by atoms with Crippen molar-refractivity contribution < 1.29 is 9.53 Å². The zero-order valence-corrected chi connectivity index (χ0v) is 18.8. The van der Waals surface area contributed by atoms with Crippen molar-refractivity contribution in [3.8, 4) is 16.9 Å². The molecule has 2 aromatic carbocycles. The third kappa shape index (κ3) is 3.93. The molecular formula is C25H31N5O2. The molecule has 5 rings (SSSR count). The molecule has 0 atom stereocenters. The van der Waals surface area contributed by atoms with E-state index in [1.807, 2.05) is 19.1 Å². The van der Waals surface area contributed by atoms with Crippen LogP contribution in [0.1, 0.15) is 41.7 Å². The molecule has 0 bridgehead atoms. The van der Waals surface area contributed by atoms with Crippen molar-refractivity contribution in [2.75, 3.05) is 38.1 Å². The van der Waals surface area contributed by atoms with Crippen LogP contribution in [0, 0.1) is 6.92 Å². The van der Waals surface area contributed by atoms with E-state index in [0.29, 0.717) is 5.56 Å². The Morgan fingerprint density at radius 2 is 1.91 bits per heavy atom. The Bertz CT molecular complexity index is 1130. The first-order valence-electron chi connectivity index (χ1n) is 11.6. The average molecular weight is 434 g/mol. The van der Waals surface area contributed by atoms with Crippen LogP contribution in [0.5, 0.6) is 5.75 Å². The van der Waals surface area contributed by atoms with Gasteiger partial charge in [0, 0.05) is 38.9 Å². The number of rotatable bonds is 5. The molecule has 3 aromatic rings. The summed E-state index contributed by atoms with van der Waals surface area (Å²) in [7, 11) is 1.68. The highest BCUT2D eigenvalue weighted by atomic mass is 16.5. The summed E-state index contributed by atoms with van der Waals surface area (Å²) >= 11 is 0. The number of hydrogen-bond acceptors (Lipinski definition) is 5. The molecule has 1 aromatic heterocycles. The quantitative estimate of drug-likeness (QED) is 0.572. The summed E-state index contributed by atoms with van der Waals surface area (Å²) in [6, 6.07) is 10.3. The molecule has 1 aliphatic heterocycles. The molecule has 0 spiro atoms. The highest BCUT2D eigenvalue weighted by Crippen LogP contribution is 2.37. The highest BCUT2D eigenvalue weighted by Gasteiger charge is 2.22. The average Bonchev–Trinajstić information content (AvgIpc) is 3.48. The van der Waals surface area contributed by atoms with E-state index in [1.165, 1.54) is 12.8 Å². The first-order valence-corrected chi connectivity index (χ1v) is 11.6. The number of carbonyl (C=O) groups is 1. The molecule has 0 unspecified atom stereocenters. The van der Waals surface area contributed by atoms with Crippen molar-refractivity contribution in [3.05, 3.63) is 41.6 Å². The fourth-order valence-electron chi connectivity index (χ4n) is 4.92. The number of hydrogen-bond donors (Lipinski definition) is 3. The second-order valence-corrected chi connectivity index (χ2v) is 8.79. The van der Waals surface area contributed by atoms with Gasteiger partial charge in [0.15, 0.2) is 0 Å². The maximum atomic E-state index is 12.6. The number of carbonyl (C=O) groups excluding carboxylic acids is 1. The molecule has 2 fully saturated rings. The van der Waals surface area contributed by atoms with Gasteiger partial charge in [0.25, 0.3) is 5.91 Å². The van der Waals surface area contributed by atoms with Gasteiger partial charge in [-0.2, -0.15) is 5.10 Å². The van der Waals surface area contributed by atoms with E-state index >= 15 is 0 Å². The Morgan fingerprint density at radius 3 is 2.66 bits per heavy atom. The molecule has 1 aliphatic carbocycles. The van der Waals surface area contributed by atoms with Crippen molar-refractivity contribution in [1.82, 2.24) is 20.8 Å². The van der Waals surface area contributed by atoms with Crippen LogP contribution >= 0.6 is 0 Å². The molecule has 1 saturated heterocycles. The molecule has 2 aliphatic rings. The summed E-state index contributed by atoms with van der Waals surface area (Å²) < 4.78 is 6.47. The summed E-state index contributed by atoms with van der Waals surface area (Å²) in [5.74, 6) is 0.837. The van der Waals surface area contributed by atoms with Crippen LogP contribution in [0.25, 0.3) is 22.0 Å². The Hall–Kier alpha value is -3.06. The molecule has 1 amide bonds. The maximum absolute atomic E-state index is 12.6. The number of aromatic amines is 1. The number of aryl methyl sites for hydroxylation is 1. The Kier molecular flexibility index (Phi) is 5.74. The number of aromatic nitrogens is 2. The number of nitrogens with zero attached hydrogens (tertiary/aromatic N) is 2. The summed E-state index contributed by atoms with van der Waals surface area (Å²) in [6.07, 6.45) is 4.95. The Labute approximate surface area is 188 Å². The third-order valence-electron chi connectivity index (χ3n) is 6.66. The van der Waals surface area contributed by atoms with Gasteiger partial charge in [0.1, 0.15) is 5.75 Å². The molecular weight excluding hydrogens is 402 g/mol. The van der Waals surface area contributed by atoms with Crippen LogP contribution in [0.15, 0.2) is 30.3 Å². The van der Waals surface area contributed by atoms with E-state index in [2.05, 4.69) is 43.9 Å². The minimum Gasteiger partial charge on any atom is -0.490 e. The van der Waals surface area contributed by atoms with Crippen molar-refractivity contribution in [3.63, 3.8) is 0 Å². The summed E-state index contributed by atoms with van der Waals surface area (Å²) in [4.78, 5) is 14.9. The second-order valence-electron chi connectivity index (χ2n) is 8.79. The van der Waals surface area contributed by atoms with Gasteiger partial charge in [-0.25, -0.2) is 0 Å². The van der Waals surface area contributed by atoms with Gasteiger partial charge in [-0.05, 0) is 68.0 Å². The van der Waals surface area contributed by atoms with Crippen molar-refractivity contribution in [2.24, 2.45) is 0 Å². The third-order valence-corrected chi connectivity index (χ3v) is 6.66. The number of fused-ring (bicyclic) bond motifs is 1. The van der Waals surface area contributed by atoms with E-state index in [0.717, 1.165) is 78.2 Å². The highest BCUT2D eigenvalue weighted by molar-refractivity contribution is 6.01. The van der Waals surface area contributed by atoms with Crippen molar-refractivity contribution >= 4 is 22.5 Å². The SMILES string of the molecule is CNC(=O)c1ccc(-c2cc(OC3CCCC3)c3c(C)[nH]nc3c2)cc1N1CCNCC1. The standard InChI is InChI=1S/C25H31N5O2/c1-16-24-21(29-28-16)13-18(15-23(24)32-19-5-3-4-6-19)17-7-8-20(25(31)26-2)22(14-17)30-11-9-27-10-12-30/h7-8,13-15,19,27H,3-6,9-12H2,1-2H3,(H,26,31)(H,28,29). The number of H-pyrrole nitrogens is 1. The molecule has 7 heteroatoms. The van der Waals surface area contributed by atoms with E-state index in [4.69, 9.17) is 4.74 Å². The van der Waals surface area contributed by atoms with Gasteiger partial charge in [-0.3, -0.25) is 9.89 Å². The minimum atomic E-state index is -0.0614. The van der Waals surface area contributed by atoms with Gasteiger partial charge in [0.2, 0.25) is 0 Å². The first-order chi connectivity index (χ1) is 15.6. The Morgan fingerprint density at radius 1 is 1.12 bits per heavy atom. The molecule has 3 N–H and O–H groups in total. The zero-order chi connectivity index (χ0) is 22.1. The minimum absolute atomic E-state index is 0.0614. The lowest BCUT2D eigenvalue weighted by Crippen LogP contribution is -2.44. The van der Waals surface area contributed by atoms with Crippen LogP contribution in [-0.4, -0.2) is 55.4 Å². The molecule has 7 nitrogen and oxygen atoms in total. The number of nitrogens with one attached hydrogen (secondary N) is 3. The lowest BCUT2D eigenvalue weighted by Gasteiger charge is -2.31. The van der Waals surface area contributed by atoms with E-state index in [1.54, 1.807) is 7.05 Å². The smallest absolute Gasteiger partial charge is 0.253 e. The van der Waals surface area contributed by atoms with Crippen LogP contribution in [0.2, 0.25) is 0 Å². The lowest BCUT2D eigenvalue weighted by atomic mass is 9.99. The number of amides is 1. The molecule has 0 radical (unpaired) electrons. The monoisotopic (exact) mass is 433 g/mol. The summed E-state index contributed by atoms with van der Waals surface area (Å²) in [5.41, 5.74) is 5.72. The van der Waals surface area contributed by atoms with Crippen molar-refractivity contribution in [1.29, 1.82) is 0 Å². The van der Waals surface area contributed by atoms with Gasteiger partial charge >= 0.3 is 0 Å². The first kappa shape index (κ1) is 20.8. The predicted molar refractivity (Wildman–Crippen MR) is 128 cm³/mol. The number of piperazine rings is 1. The largest absolute Gasteiger partial charge is 0.490 e. The number of ether oxygens (including phenoxy) is 1. The topological polar surface area (TPSA) is 82.3 Å². The predicted octanol–water partition coefficient (Wildman–Crippen LogP) is 3.63. The maximum Gasteiger partial charge on any atom is 0.253 e. The van der Waals surface area contributed by atoms with Gasteiger partial charge < -0.3 is 20.3 Å². The fourth-order valence-corrected chi connectivity index (χ4v) is 4.92.